The molecule has 0 bridgehead atoms. The topological polar surface area (TPSA) is 80.5 Å². The van der Waals surface area contributed by atoms with Crippen LogP contribution in [0.15, 0.2) is 59.1 Å². The Morgan fingerprint density at radius 3 is 2.59 bits per heavy atom. The van der Waals surface area contributed by atoms with E-state index in [9.17, 15) is 4.79 Å². The van der Waals surface area contributed by atoms with Crippen LogP contribution in [0.2, 0.25) is 0 Å². The van der Waals surface area contributed by atoms with Gasteiger partial charge in [0.2, 0.25) is 17.6 Å². The highest BCUT2D eigenvalue weighted by Crippen LogP contribution is 2.24. The molecule has 0 radical (unpaired) electrons. The highest BCUT2D eigenvalue weighted by Gasteiger charge is 2.23. The van der Waals surface area contributed by atoms with E-state index in [0.717, 1.165) is 24.4 Å². The van der Waals surface area contributed by atoms with E-state index >= 15 is 0 Å². The number of nitrogens with zero attached hydrogens (tertiary/aromatic N) is 3. The van der Waals surface area contributed by atoms with Gasteiger partial charge in [-0.2, -0.15) is 4.98 Å². The lowest BCUT2D eigenvalue weighted by molar-refractivity contribution is -0.121. The number of nitrogens with one attached hydrogen (secondary N) is 1. The van der Waals surface area contributed by atoms with Crippen LogP contribution in [0.4, 0.5) is 0 Å². The molecular weight excluding hydrogens is 404 g/mol. The number of aryl methyl sites for hydroxylation is 1. The molecule has 1 saturated heterocycles. The van der Waals surface area contributed by atoms with Crippen molar-refractivity contribution in [1.29, 1.82) is 0 Å². The summed E-state index contributed by atoms with van der Waals surface area (Å²) >= 11 is 0. The Hall–Kier alpha value is -3.19. The number of hydrogen-bond donors (Lipinski definition) is 1. The van der Waals surface area contributed by atoms with Crippen molar-refractivity contribution in [3.05, 3.63) is 66.1 Å². The van der Waals surface area contributed by atoms with Crippen LogP contribution in [0.5, 0.6) is 5.75 Å². The molecule has 7 nitrogen and oxygen atoms in total. The van der Waals surface area contributed by atoms with Gasteiger partial charge in [0, 0.05) is 24.9 Å². The highest BCUT2D eigenvalue weighted by molar-refractivity contribution is 5.76. The van der Waals surface area contributed by atoms with E-state index in [1.807, 2.05) is 37.3 Å². The molecule has 1 atom stereocenters. The molecule has 1 aromatic heterocycles. The molecule has 1 N–H and O–H groups in total. The monoisotopic (exact) mass is 434 g/mol. The van der Waals surface area contributed by atoms with Gasteiger partial charge in [0.15, 0.2) is 0 Å². The summed E-state index contributed by atoms with van der Waals surface area (Å²) in [5.41, 5.74) is 2.09. The third-order valence-electron chi connectivity index (χ3n) is 5.72. The first kappa shape index (κ1) is 22.0. The largest absolute Gasteiger partial charge is 0.494 e. The van der Waals surface area contributed by atoms with Crippen LogP contribution in [0.1, 0.15) is 43.7 Å². The average Bonchev–Trinajstić information content (AvgIpc) is 3.52. The fourth-order valence-corrected chi connectivity index (χ4v) is 4.05. The van der Waals surface area contributed by atoms with Crippen LogP contribution in [0.3, 0.4) is 0 Å². The molecule has 2 aromatic carbocycles. The number of amides is 1. The Morgan fingerprint density at radius 2 is 1.88 bits per heavy atom. The quantitative estimate of drug-likeness (QED) is 0.519. The number of aromatic nitrogens is 2. The molecule has 32 heavy (non-hydrogen) atoms. The third-order valence-corrected chi connectivity index (χ3v) is 5.72. The van der Waals surface area contributed by atoms with Crippen molar-refractivity contribution in [2.24, 2.45) is 0 Å². The number of benzene rings is 2. The summed E-state index contributed by atoms with van der Waals surface area (Å²) in [6.45, 7) is 5.32. The molecule has 2 heterocycles. The van der Waals surface area contributed by atoms with Crippen LogP contribution in [-0.4, -0.2) is 47.2 Å². The predicted octanol–water partition coefficient (Wildman–Crippen LogP) is 4.02. The van der Waals surface area contributed by atoms with Crippen molar-refractivity contribution < 1.29 is 14.1 Å². The number of rotatable bonds is 10. The lowest BCUT2D eigenvalue weighted by Crippen LogP contribution is -2.36. The summed E-state index contributed by atoms with van der Waals surface area (Å²) in [7, 11) is 0. The van der Waals surface area contributed by atoms with Crippen molar-refractivity contribution in [2.45, 2.75) is 38.6 Å². The van der Waals surface area contributed by atoms with E-state index in [2.05, 4.69) is 44.6 Å². The van der Waals surface area contributed by atoms with Crippen molar-refractivity contribution >= 4 is 5.91 Å². The van der Waals surface area contributed by atoms with Gasteiger partial charge < -0.3 is 14.6 Å². The minimum Gasteiger partial charge on any atom is -0.494 e. The molecule has 1 fully saturated rings. The molecule has 7 heteroatoms. The van der Waals surface area contributed by atoms with Crippen LogP contribution in [0, 0.1) is 0 Å². The van der Waals surface area contributed by atoms with E-state index in [1.165, 1.54) is 18.4 Å². The van der Waals surface area contributed by atoms with Gasteiger partial charge in [-0.1, -0.05) is 35.5 Å². The minimum atomic E-state index is -0.00838. The molecule has 1 amide bonds. The first-order valence-corrected chi connectivity index (χ1v) is 11.3. The number of hydrogen-bond acceptors (Lipinski definition) is 6. The van der Waals surface area contributed by atoms with Gasteiger partial charge >= 0.3 is 0 Å². The minimum absolute atomic E-state index is 0.00838. The van der Waals surface area contributed by atoms with Crippen LogP contribution < -0.4 is 10.1 Å². The molecule has 3 aromatic rings. The summed E-state index contributed by atoms with van der Waals surface area (Å²) in [4.78, 5) is 19.4. The maximum absolute atomic E-state index is 12.5. The molecular formula is C25H30N4O3. The summed E-state index contributed by atoms with van der Waals surface area (Å²) < 4.78 is 10.8. The Morgan fingerprint density at radius 1 is 1.12 bits per heavy atom. The van der Waals surface area contributed by atoms with Crippen molar-refractivity contribution in [3.63, 3.8) is 0 Å². The number of carbonyl (C=O) groups is 1. The lowest BCUT2D eigenvalue weighted by Gasteiger charge is -2.28. The first-order chi connectivity index (χ1) is 15.7. The Bertz CT molecular complexity index is 982. The van der Waals surface area contributed by atoms with Crippen LogP contribution in [0.25, 0.3) is 11.4 Å². The van der Waals surface area contributed by atoms with Gasteiger partial charge in [0.25, 0.3) is 0 Å². The van der Waals surface area contributed by atoms with E-state index in [4.69, 9.17) is 9.26 Å². The van der Waals surface area contributed by atoms with Crippen LogP contribution >= 0.6 is 0 Å². The Kier molecular flexibility index (Phi) is 7.51. The van der Waals surface area contributed by atoms with Crippen molar-refractivity contribution in [1.82, 2.24) is 20.4 Å². The van der Waals surface area contributed by atoms with Gasteiger partial charge in [-0.15, -0.1) is 0 Å². The van der Waals surface area contributed by atoms with Crippen molar-refractivity contribution in [2.75, 3.05) is 26.2 Å². The molecule has 4 rings (SSSR count). The number of ether oxygens (including phenoxy) is 1. The number of likely N-dealkylation sites (tertiary alicyclic amines) is 1. The average molecular weight is 435 g/mol. The van der Waals surface area contributed by atoms with E-state index in [1.54, 1.807) is 0 Å². The molecule has 0 spiro atoms. The first-order valence-electron chi connectivity index (χ1n) is 11.3. The second kappa shape index (κ2) is 10.9. The van der Waals surface area contributed by atoms with Gasteiger partial charge in [-0.25, -0.2) is 0 Å². The van der Waals surface area contributed by atoms with Gasteiger partial charge in [-0.05, 0) is 62.7 Å². The summed E-state index contributed by atoms with van der Waals surface area (Å²) in [5, 5.41) is 7.14. The van der Waals surface area contributed by atoms with E-state index in [-0.39, 0.29) is 11.9 Å². The zero-order chi connectivity index (χ0) is 22.2. The van der Waals surface area contributed by atoms with Crippen molar-refractivity contribution in [3.8, 4) is 17.1 Å². The maximum Gasteiger partial charge on any atom is 0.227 e. The zero-order valence-electron chi connectivity index (χ0n) is 18.5. The predicted molar refractivity (Wildman–Crippen MR) is 122 cm³/mol. The lowest BCUT2D eigenvalue weighted by atomic mass is 10.1. The normalized spacial score (nSPS) is 14.9. The number of carbonyl (C=O) groups excluding carboxylic acids is 1. The highest BCUT2D eigenvalue weighted by atomic mass is 16.5. The second-order valence-electron chi connectivity index (χ2n) is 7.94. The summed E-state index contributed by atoms with van der Waals surface area (Å²) in [6, 6.07) is 18.2. The molecule has 1 aliphatic rings. The molecule has 1 unspecified atom stereocenters. The molecule has 0 aliphatic carbocycles. The fourth-order valence-electron chi connectivity index (χ4n) is 4.05. The fraction of sp³-hybridized carbons (Fsp3) is 0.400. The third kappa shape index (κ3) is 5.73. The van der Waals surface area contributed by atoms with Gasteiger partial charge in [0.05, 0.1) is 12.6 Å². The standard InChI is InChI=1S/C25H30N4O3/c1-2-31-21-12-10-20(11-13-21)25-27-24(32-28-25)15-14-23(30)26-18-22(29-16-6-7-17-29)19-8-4-3-5-9-19/h3-5,8-13,22H,2,6-7,14-18H2,1H3,(H,26,30). The Labute approximate surface area is 188 Å². The van der Waals surface area contributed by atoms with Crippen LogP contribution in [-0.2, 0) is 11.2 Å². The van der Waals surface area contributed by atoms with E-state index < -0.39 is 0 Å². The second-order valence-corrected chi connectivity index (χ2v) is 7.94. The summed E-state index contributed by atoms with van der Waals surface area (Å²) in [6.07, 6.45) is 3.15. The SMILES string of the molecule is CCOc1ccc(-c2noc(CCC(=O)NCC(c3ccccc3)N3CCCC3)n2)cc1. The van der Waals surface area contributed by atoms with E-state index in [0.29, 0.717) is 37.7 Å². The Balaban J connectivity index is 1.29. The summed E-state index contributed by atoms with van der Waals surface area (Å²) in [5.74, 6) is 1.77. The smallest absolute Gasteiger partial charge is 0.227 e. The molecule has 1 aliphatic heterocycles. The molecule has 0 saturated carbocycles. The zero-order valence-corrected chi connectivity index (χ0v) is 18.5. The molecule has 168 valence electrons. The van der Waals surface area contributed by atoms with Gasteiger partial charge in [-0.3, -0.25) is 9.69 Å². The maximum atomic E-state index is 12.5. The van der Waals surface area contributed by atoms with Gasteiger partial charge in [0.1, 0.15) is 5.75 Å².